The Bertz CT molecular complexity index is 3560. The standard InChI is InChI=1S/C61H43NO/c1-61(2)52-32-15-12-30-50(52)58-49(31-18-33-53(58)61)48-29-14-17-35-55(48)62(56-36-19-37-57-59(56)51-39-38-41-22-6-7-24-43(41)60(51)63-57)54-34-16-13-28-47(54)46-27-11-10-26-45(46)44-25-9-8-23-42(44)40-20-4-3-5-21-40/h3-39H,1-2H3. The number of para-hydroxylation sites is 2. The number of nitrogens with zero attached hydrogens (tertiary/aromatic N) is 1. The van der Waals surface area contributed by atoms with Crippen LogP contribution in [0, 0.1) is 0 Å². The molecule has 2 nitrogen and oxygen atoms in total. The third kappa shape index (κ3) is 5.79. The zero-order valence-corrected chi connectivity index (χ0v) is 35.2. The Morgan fingerprint density at radius 2 is 0.857 bits per heavy atom. The van der Waals surface area contributed by atoms with E-state index < -0.39 is 0 Å². The van der Waals surface area contributed by atoms with Gasteiger partial charge in [-0.1, -0.05) is 208 Å². The molecule has 0 spiro atoms. The van der Waals surface area contributed by atoms with Crippen molar-refractivity contribution in [1.82, 2.24) is 0 Å². The normalized spacial score (nSPS) is 12.7. The first-order valence-electron chi connectivity index (χ1n) is 21.9. The highest BCUT2D eigenvalue weighted by atomic mass is 16.3. The van der Waals surface area contributed by atoms with Gasteiger partial charge in [-0.15, -0.1) is 0 Å². The number of anilines is 3. The summed E-state index contributed by atoms with van der Waals surface area (Å²) >= 11 is 0. The molecule has 63 heavy (non-hydrogen) atoms. The van der Waals surface area contributed by atoms with Crippen molar-refractivity contribution in [2.45, 2.75) is 19.3 Å². The molecule has 1 aliphatic rings. The molecule has 12 rings (SSSR count). The van der Waals surface area contributed by atoms with Crippen molar-refractivity contribution < 1.29 is 4.42 Å². The van der Waals surface area contributed by atoms with Crippen molar-refractivity contribution in [3.8, 4) is 55.6 Å². The summed E-state index contributed by atoms with van der Waals surface area (Å²) in [4.78, 5) is 2.50. The molecule has 1 heterocycles. The van der Waals surface area contributed by atoms with E-state index in [4.69, 9.17) is 4.42 Å². The minimum atomic E-state index is -0.132. The third-order valence-electron chi connectivity index (χ3n) is 13.3. The van der Waals surface area contributed by atoms with E-state index in [1.165, 1.54) is 50.1 Å². The van der Waals surface area contributed by atoms with E-state index in [1.807, 2.05) is 0 Å². The summed E-state index contributed by atoms with van der Waals surface area (Å²) in [5, 5.41) is 4.44. The van der Waals surface area contributed by atoms with E-state index >= 15 is 0 Å². The second-order valence-electron chi connectivity index (χ2n) is 17.1. The maximum atomic E-state index is 6.89. The van der Waals surface area contributed by atoms with Crippen LogP contribution in [0.15, 0.2) is 229 Å². The molecule has 0 N–H and O–H groups in total. The van der Waals surface area contributed by atoms with Crippen molar-refractivity contribution >= 4 is 49.8 Å². The van der Waals surface area contributed by atoms with E-state index in [0.29, 0.717) is 0 Å². The van der Waals surface area contributed by atoms with E-state index in [9.17, 15) is 0 Å². The van der Waals surface area contributed by atoms with Gasteiger partial charge in [-0.2, -0.15) is 0 Å². The molecule has 0 radical (unpaired) electrons. The molecule has 0 atom stereocenters. The first-order chi connectivity index (χ1) is 31.1. The van der Waals surface area contributed by atoms with Crippen LogP contribution in [-0.4, -0.2) is 0 Å². The first-order valence-corrected chi connectivity index (χ1v) is 21.9. The van der Waals surface area contributed by atoms with Crippen LogP contribution in [0.25, 0.3) is 88.3 Å². The molecule has 0 amide bonds. The quantitative estimate of drug-likeness (QED) is 0.160. The van der Waals surface area contributed by atoms with Crippen LogP contribution in [0.5, 0.6) is 0 Å². The molecular weight excluding hydrogens is 763 g/mol. The van der Waals surface area contributed by atoms with Gasteiger partial charge in [-0.05, 0) is 91.4 Å². The van der Waals surface area contributed by atoms with Crippen LogP contribution >= 0.6 is 0 Å². The highest BCUT2D eigenvalue weighted by Crippen LogP contribution is 2.55. The molecule has 0 saturated carbocycles. The Kier molecular flexibility index (Phi) is 8.55. The molecule has 0 aliphatic heterocycles. The summed E-state index contributed by atoms with van der Waals surface area (Å²) < 4.78 is 6.89. The van der Waals surface area contributed by atoms with Crippen molar-refractivity contribution in [2.24, 2.45) is 0 Å². The number of hydrogen-bond acceptors (Lipinski definition) is 2. The number of fused-ring (bicyclic) bond motifs is 8. The van der Waals surface area contributed by atoms with Crippen LogP contribution in [0.1, 0.15) is 25.0 Å². The van der Waals surface area contributed by atoms with Crippen molar-refractivity contribution in [3.63, 3.8) is 0 Å². The zero-order valence-electron chi connectivity index (χ0n) is 35.2. The van der Waals surface area contributed by atoms with Crippen LogP contribution in [0.3, 0.4) is 0 Å². The molecule has 10 aromatic carbocycles. The van der Waals surface area contributed by atoms with Gasteiger partial charge in [-0.3, -0.25) is 0 Å². The van der Waals surface area contributed by atoms with E-state index in [2.05, 4.69) is 243 Å². The number of furan rings is 1. The molecule has 1 aromatic heterocycles. The molecular formula is C61H43NO. The predicted molar refractivity (Wildman–Crippen MR) is 265 cm³/mol. The lowest BCUT2D eigenvalue weighted by Crippen LogP contribution is -2.15. The Labute approximate surface area is 368 Å². The fraction of sp³-hybridized carbons (Fsp3) is 0.0492. The molecule has 2 heteroatoms. The Morgan fingerprint density at radius 1 is 0.349 bits per heavy atom. The number of rotatable bonds is 7. The zero-order chi connectivity index (χ0) is 42.1. The predicted octanol–water partition coefficient (Wildman–Crippen LogP) is 17.2. The van der Waals surface area contributed by atoms with E-state index in [0.717, 1.165) is 66.5 Å². The van der Waals surface area contributed by atoms with E-state index in [-0.39, 0.29) is 5.41 Å². The SMILES string of the molecule is CC1(C)c2ccccc2-c2c(-c3ccccc3N(c3ccccc3-c3ccccc3-c3ccccc3-c3ccccc3)c3cccc4oc5c6ccccc6ccc5c34)cccc21. The average molecular weight is 806 g/mol. The molecule has 0 unspecified atom stereocenters. The van der Waals surface area contributed by atoms with Crippen molar-refractivity contribution in [3.05, 3.63) is 236 Å². The van der Waals surface area contributed by atoms with Crippen LogP contribution in [-0.2, 0) is 5.41 Å². The van der Waals surface area contributed by atoms with E-state index in [1.54, 1.807) is 0 Å². The van der Waals surface area contributed by atoms with Crippen molar-refractivity contribution in [1.29, 1.82) is 0 Å². The summed E-state index contributed by atoms with van der Waals surface area (Å²) in [5.74, 6) is 0. The van der Waals surface area contributed by atoms with Crippen LogP contribution in [0.2, 0.25) is 0 Å². The summed E-state index contributed by atoms with van der Waals surface area (Å²) in [6.45, 7) is 4.72. The summed E-state index contributed by atoms with van der Waals surface area (Å²) in [6, 6.07) is 81.6. The smallest absolute Gasteiger partial charge is 0.143 e. The van der Waals surface area contributed by atoms with Gasteiger partial charge in [0.25, 0.3) is 0 Å². The summed E-state index contributed by atoms with van der Waals surface area (Å²) in [6.07, 6.45) is 0. The minimum Gasteiger partial charge on any atom is -0.455 e. The second-order valence-corrected chi connectivity index (χ2v) is 17.1. The lowest BCUT2D eigenvalue weighted by molar-refractivity contribution is 0.660. The highest BCUT2D eigenvalue weighted by Gasteiger charge is 2.37. The maximum absolute atomic E-state index is 6.89. The largest absolute Gasteiger partial charge is 0.455 e. The molecule has 0 saturated heterocycles. The maximum Gasteiger partial charge on any atom is 0.143 e. The number of hydrogen-bond donors (Lipinski definition) is 0. The Balaban J connectivity index is 1.16. The van der Waals surface area contributed by atoms with Crippen LogP contribution in [0.4, 0.5) is 17.1 Å². The average Bonchev–Trinajstić information content (AvgIpc) is 3.85. The summed E-state index contributed by atoms with van der Waals surface area (Å²) in [5.41, 5.74) is 19.6. The van der Waals surface area contributed by atoms with Gasteiger partial charge in [0, 0.05) is 27.3 Å². The number of benzene rings is 10. The summed E-state index contributed by atoms with van der Waals surface area (Å²) in [7, 11) is 0. The first kappa shape index (κ1) is 36.9. The lowest BCUT2D eigenvalue weighted by Gasteiger charge is -2.31. The fourth-order valence-corrected chi connectivity index (χ4v) is 10.4. The molecule has 1 aliphatic carbocycles. The Hall–Kier alpha value is -7.94. The third-order valence-corrected chi connectivity index (χ3v) is 13.3. The van der Waals surface area contributed by atoms with Gasteiger partial charge < -0.3 is 9.32 Å². The lowest BCUT2D eigenvalue weighted by atomic mass is 9.82. The van der Waals surface area contributed by atoms with Crippen molar-refractivity contribution in [2.75, 3.05) is 4.90 Å². The molecule has 0 fully saturated rings. The molecule has 298 valence electrons. The Morgan fingerprint density at radius 3 is 1.60 bits per heavy atom. The van der Waals surface area contributed by atoms with Gasteiger partial charge >= 0.3 is 0 Å². The van der Waals surface area contributed by atoms with Crippen LogP contribution < -0.4 is 4.90 Å². The minimum absolute atomic E-state index is 0.132. The van der Waals surface area contributed by atoms with Gasteiger partial charge in [0.2, 0.25) is 0 Å². The molecule has 0 bridgehead atoms. The van der Waals surface area contributed by atoms with Gasteiger partial charge in [0.1, 0.15) is 11.2 Å². The fourth-order valence-electron chi connectivity index (χ4n) is 10.4. The van der Waals surface area contributed by atoms with Gasteiger partial charge in [-0.25, -0.2) is 0 Å². The highest BCUT2D eigenvalue weighted by molar-refractivity contribution is 6.20. The van der Waals surface area contributed by atoms with Gasteiger partial charge in [0.05, 0.1) is 22.4 Å². The molecule has 11 aromatic rings. The monoisotopic (exact) mass is 805 g/mol. The topological polar surface area (TPSA) is 16.4 Å². The second kappa shape index (κ2) is 14.6. The van der Waals surface area contributed by atoms with Gasteiger partial charge in [0.15, 0.2) is 0 Å².